The zero-order valence-electron chi connectivity index (χ0n) is 17.3. The van der Waals surface area contributed by atoms with Crippen LogP contribution in [-0.4, -0.2) is 82.5 Å². The zero-order valence-corrected chi connectivity index (χ0v) is 18.1. The van der Waals surface area contributed by atoms with Crippen LogP contribution in [0.1, 0.15) is 27.6 Å². The van der Waals surface area contributed by atoms with Crippen molar-refractivity contribution in [3.8, 4) is 0 Å². The molecule has 2 aromatic rings. The van der Waals surface area contributed by atoms with Crippen LogP contribution in [0.25, 0.3) is 0 Å². The summed E-state index contributed by atoms with van der Waals surface area (Å²) >= 11 is 5.94. The lowest BCUT2D eigenvalue weighted by molar-refractivity contribution is -0.0783. The molecule has 2 atom stereocenters. The molecular formula is C23H25ClFN3O3. The van der Waals surface area contributed by atoms with Crippen LogP contribution in [0.4, 0.5) is 4.39 Å². The number of carbonyl (C=O) groups excluding carboxylic acids is 2. The summed E-state index contributed by atoms with van der Waals surface area (Å²) in [5.41, 5.74) is 0.369. The Morgan fingerprint density at radius 1 is 1.00 bits per heavy atom. The highest BCUT2D eigenvalue weighted by Crippen LogP contribution is 2.30. The van der Waals surface area contributed by atoms with E-state index in [1.54, 1.807) is 34.1 Å². The largest absolute Gasteiger partial charge is 0.394 e. The molecule has 1 N–H and O–H groups in total. The number of amides is 2. The molecule has 2 aromatic carbocycles. The Bertz CT molecular complexity index is 967. The molecule has 0 aromatic heterocycles. The average molecular weight is 446 g/mol. The Balaban J connectivity index is 1.54. The highest BCUT2D eigenvalue weighted by Gasteiger charge is 2.46. The van der Waals surface area contributed by atoms with Crippen molar-refractivity contribution in [2.45, 2.75) is 18.5 Å². The van der Waals surface area contributed by atoms with Crippen molar-refractivity contribution in [2.75, 3.05) is 39.3 Å². The summed E-state index contributed by atoms with van der Waals surface area (Å²) in [6.45, 7) is 4.22. The molecule has 0 aliphatic carbocycles. The molecule has 2 fully saturated rings. The summed E-state index contributed by atoms with van der Waals surface area (Å²) < 4.78 is 13.2. The van der Waals surface area contributed by atoms with E-state index >= 15 is 0 Å². The van der Waals surface area contributed by atoms with Crippen LogP contribution in [0.5, 0.6) is 0 Å². The van der Waals surface area contributed by atoms with E-state index in [2.05, 4.69) is 4.90 Å². The number of fused-ring (bicyclic) bond motifs is 1. The Morgan fingerprint density at radius 3 is 2.16 bits per heavy atom. The third kappa shape index (κ3) is 4.31. The fourth-order valence-corrected chi connectivity index (χ4v) is 4.70. The summed E-state index contributed by atoms with van der Waals surface area (Å²) in [7, 11) is 0. The molecule has 0 unspecified atom stereocenters. The van der Waals surface area contributed by atoms with Crippen molar-refractivity contribution in [1.82, 2.24) is 14.7 Å². The number of carbonyl (C=O) groups is 2. The third-order valence-corrected chi connectivity index (χ3v) is 6.49. The first-order chi connectivity index (χ1) is 14.8. The van der Waals surface area contributed by atoms with E-state index in [4.69, 9.17) is 11.6 Å². The smallest absolute Gasteiger partial charge is 0.253 e. The number of aliphatic hydroxyl groups is 1. The lowest BCUT2D eigenvalue weighted by Gasteiger charge is -2.56. The van der Waals surface area contributed by atoms with E-state index in [0.29, 0.717) is 48.9 Å². The first kappa shape index (κ1) is 21.7. The van der Waals surface area contributed by atoms with E-state index in [1.165, 1.54) is 24.3 Å². The number of benzene rings is 2. The topological polar surface area (TPSA) is 64.1 Å². The van der Waals surface area contributed by atoms with Crippen LogP contribution in [-0.2, 0) is 0 Å². The number of piperazine rings is 2. The number of halogens is 2. The molecule has 0 spiro atoms. The Hall–Kier alpha value is -2.48. The van der Waals surface area contributed by atoms with E-state index in [1.807, 2.05) is 6.92 Å². The third-order valence-electron chi connectivity index (χ3n) is 6.24. The van der Waals surface area contributed by atoms with E-state index in [0.717, 1.165) is 0 Å². The lowest BCUT2D eigenvalue weighted by Crippen LogP contribution is -2.72. The van der Waals surface area contributed by atoms with Crippen LogP contribution >= 0.6 is 11.6 Å². The van der Waals surface area contributed by atoms with Crippen LogP contribution in [0.3, 0.4) is 0 Å². The zero-order chi connectivity index (χ0) is 22.2. The fraction of sp³-hybridized carbons (Fsp3) is 0.391. The molecule has 164 valence electrons. The summed E-state index contributed by atoms with van der Waals surface area (Å²) in [5.74, 6) is -0.673. The molecule has 2 heterocycles. The van der Waals surface area contributed by atoms with Crippen molar-refractivity contribution in [3.63, 3.8) is 0 Å². The second-order valence-corrected chi connectivity index (χ2v) is 8.89. The highest BCUT2D eigenvalue weighted by atomic mass is 35.5. The second kappa shape index (κ2) is 8.57. The van der Waals surface area contributed by atoms with Gasteiger partial charge in [-0.25, -0.2) is 4.39 Å². The van der Waals surface area contributed by atoms with Gasteiger partial charge in [-0.15, -0.1) is 0 Å². The molecule has 2 aliphatic rings. The second-order valence-electron chi connectivity index (χ2n) is 8.45. The van der Waals surface area contributed by atoms with Gasteiger partial charge >= 0.3 is 0 Å². The maximum Gasteiger partial charge on any atom is 0.253 e. The lowest BCUT2D eigenvalue weighted by atomic mass is 9.91. The molecule has 31 heavy (non-hydrogen) atoms. The van der Waals surface area contributed by atoms with E-state index in [-0.39, 0.29) is 30.3 Å². The minimum Gasteiger partial charge on any atom is -0.394 e. The van der Waals surface area contributed by atoms with E-state index < -0.39 is 5.54 Å². The van der Waals surface area contributed by atoms with Gasteiger partial charge in [-0.3, -0.25) is 14.5 Å². The molecule has 0 radical (unpaired) electrons. The first-order valence-corrected chi connectivity index (χ1v) is 10.7. The standard InChI is InChI=1S/C23H25ClFN3O3/c1-23(15-29)14-27(22(31)16-2-6-18(24)7-3-16)13-20-12-26(10-11-28(20)23)21(30)17-4-8-19(25)9-5-17/h2-9,20,29H,10-15H2,1H3/t20-,23-/m0/s1. The summed E-state index contributed by atoms with van der Waals surface area (Å²) in [6.07, 6.45) is 0. The molecule has 2 amide bonds. The maximum atomic E-state index is 13.2. The van der Waals surface area contributed by atoms with Crippen molar-refractivity contribution >= 4 is 23.4 Å². The van der Waals surface area contributed by atoms with Crippen LogP contribution < -0.4 is 0 Å². The summed E-state index contributed by atoms with van der Waals surface area (Å²) in [5, 5.41) is 10.7. The van der Waals surface area contributed by atoms with Gasteiger partial charge in [0.1, 0.15) is 5.82 Å². The number of hydrogen-bond acceptors (Lipinski definition) is 4. The minimum absolute atomic E-state index is 0.0974. The van der Waals surface area contributed by atoms with Crippen molar-refractivity contribution in [2.24, 2.45) is 0 Å². The minimum atomic E-state index is -0.601. The van der Waals surface area contributed by atoms with Crippen molar-refractivity contribution < 1.29 is 19.1 Å². The number of aliphatic hydroxyl groups excluding tert-OH is 1. The van der Waals surface area contributed by atoms with Gasteiger partial charge in [-0.1, -0.05) is 11.6 Å². The van der Waals surface area contributed by atoms with Gasteiger partial charge in [-0.05, 0) is 55.5 Å². The molecule has 8 heteroatoms. The highest BCUT2D eigenvalue weighted by molar-refractivity contribution is 6.30. The van der Waals surface area contributed by atoms with Crippen molar-refractivity contribution in [3.05, 3.63) is 70.5 Å². The molecule has 2 saturated heterocycles. The molecule has 0 bridgehead atoms. The monoisotopic (exact) mass is 445 g/mol. The quantitative estimate of drug-likeness (QED) is 0.788. The molecule has 6 nitrogen and oxygen atoms in total. The number of rotatable bonds is 3. The predicted octanol–water partition coefficient (Wildman–Crippen LogP) is 2.51. The molecule has 0 saturated carbocycles. The van der Waals surface area contributed by atoms with Crippen LogP contribution in [0.15, 0.2) is 48.5 Å². The Kier molecular flexibility index (Phi) is 6.01. The van der Waals surface area contributed by atoms with Gasteiger partial charge in [0.15, 0.2) is 0 Å². The first-order valence-electron chi connectivity index (χ1n) is 10.3. The van der Waals surface area contributed by atoms with Gasteiger partial charge in [0, 0.05) is 54.9 Å². The van der Waals surface area contributed by atoms with Gasteiger partial charge in [-0.2, -0.15) is 0 Å². The molecule has 2 aliphatic heterocycles. The van der Waals surface area contributed by atoms with Crippen LogP contribution in [0, 0.1) is 5.82 Å². The Labute approximate surface area is 185 Å². The van der Waals surface area contributed by atoms with Gasteiger partial charge < -0.3 is 14.9 Å². The average Bonchev–Trinajstić information content (AvgIpc) is 2.78. The Morgan fingerprint density at radius 2 is 1.55 bits per heavy atom. The summed E-state index contributed by atoms with van der Waals surface area (Å²) in [6, 6.07) is 12.2. The SMILES string of the molecule is C[C@@]1(CO)CN(C(=O)c2ccc(Cl)cc2)C[C@@H]2CN(C(=O)c3ccc(F)cc3)CCN21. The predicted molar refractivity (Wildman–Crippen MR) is 116 cm³/mol. The van der Waals surface area contributed by atoms with E-state index in [9.17, 15) is 19.1 Å². The maximum absolute atomic E-state index is 13.2. The fourth-order valence-electron chi connectivity index (χ4n) is 4.57. The number of nitrogens with zero attached hydrogens (tertiary/aromatic N) is 3. The molecule has 4 rings (SSSR count). The number of hydrogen-bond donors (Lipinski definition) is 1. The van der Waals surface area contributed by atoms with Gasteiger partial charge in [0.05, 0.1) is 12.1 Å². The van der Waals surface area contributed by atoms with Gasteiger partial charge in [0.25, 0.3) is 11.8 Å². The van der Waals surface area contributed by atoms with Crippen LogP contribution in [0.2, 0.25) is 5.02 Å². The van der Waals surface area contributed by atoms with Crippen molar-refractivity contribution in [1.29, 1.82) is 0 Å². The summed E-state index contributed by atoms with van der Waals surface area (Å²) in [4.78, 5) is 31.7. The van der Waals surface area contributed by atoms with Gasteiger partial charge in [0.2, 0.25) is 0 Å². The normalized spacial score (nSPS) is 24.1. The molecular weight excluding hydrogens is 421 g/mol.